The van der Waals surface area contributed by atoms with Gasteiger partial charge in [0.2, 0.25) is 5.75 Å². The van der Waals surface area contributed by atoms with Crippen molar-refractivity contribution in [2.45, 2.75) is 44.3 Å². The number of carbonyl (C=O) groups is 3. The number of rotatable bonds is 4. The molecule has 11 heteroatoms. The second-order valence-corrected chi connectivity index (χ2v) is 8.34. The van der Waals surface area contributed by atoms with E-state index in [4.69, 9.17) is 0 Å². The molecule has 3 atom stereocenters. The van der Waals surface area contributed by atoms with E-state index in [1.807, 2.05) is 0 Å². The summed E-state index contributed by atoms with van der Waals surface area (Å²) in [7, 11) is 1.36. The lowest BCUT2D eigenvalue weighted by atomic mass is 9.79. The normalized spacial score (nSPS) is 21.0. The van der Waals surface area contributed by atoms with Gasteiger partial charge in [-0.05, 0) is 42.9 Å². The minimum atomic E-state index is -0.778. The van der Waals surface area contributed by atoms with E-state index in [1.165, 1.54) is 35.9 Å². The van der Waals surface area contributed by atoms with E-state index in [0.29, 0.717) is 30.8 Å². The molecule has 2 bridgehead atoms. The summed E-state index contributed by atoms with van der Waals surface area (Å²) in [5.41, 5.74) is -0.497. The van der Waals surface area contributed by atoms with E-state index >= 15 is 0 Å². The Morgan fingerprint density at radius 2 is 1.91 bits per heavy atom. The molecule has 0 saturated heterocycles. The van der Waals surface area contributed by atoms with Gasteiger partial charge in [-0.15, -0.1) is 0 Å². The fourth-order valence-corrected chi connectivity index (χ4v) is 4.54. The molecule has 0 spiro atoms. The molecule has 10 nitrogen and oxygen atoms in total. The molecule has 3 amide bonds. The summed E-state index contributed by atoms with van der Waals surface area (Å²) in [6, 6.07) is 5.10. The van der Waals surface area contributed by atoms with Crippen LogP contribution < -0.4 is 21.5 Å². The fraction of sp³-hybridized carbons (Fsp3) is 0.409. The first-order chi connectivity index (χ1) is 15.8. The number of nitrogens with one attached hydrogen (secondary N) is 3. The third-order valence-corrected chi connectivity index (χ3v) is 6.24. The van der Waals surface area contributed by atoms with Crippen molar-refractivity contribution in [1.29, 1.82) is 0 Å². The Kier molecular flexibility index (Phi) is 6.12. The monoisotopic (exact) mass is 457 g/mol. The molecule has 2 aliphatic heterocycles. The van der Waals surface area contributed by atoms with Gasteiger partial charge in [-0.1, -0.05) is 12.1 Å². The molecule has 1 fully saturated rings. The van der Waals surface area contributed by atoms with Gasteiger partial charge in [0.05, 0.1) is 0 Å². The Hall–Kier alpha value is -3.76. The average molecular weight is 457 g/mol. The van der Waals surface area contributed by atoms with E-state index in [9.17, 15) is 28.7 Å². The standard InChI is InChI=1S/C22H24FN5O5/c1-24-20(31)21(32)26-15-8-12-4-7-14(15)18-27-16(17(29)22(33)28(18)10-12)19(30)25-9-11-2-5-13(23)6-3-11/h2-3,5-6,12,14-15,29H,4,7-10H2,1H3,(H,24,31)(H,25,30)(H,26,32). The number of likely N-dealkylation sites (N-methyl/N-ethyl adjacent to an activating group) is 1. The topological polar surface area (TPSA) is 142 Å². The Balaban J connectivity index is 1.62. The second kappa shape index (κ2) is 9.00. The predicted molar refractivity (Wildman–Crippen MR) is 114 cm³/mol. The number of carbonyl (C=O) groups excluding carboxylic acids is 3. The maximum atomic E-state index is 13.1. The summed E-state index contributed by atoms with van der Waals surface area (Å²) in [6.45, 7) is 0.351. The van der Waals surface area contributed by atoms with Gasteiger partial charge in [0.15, 0.2) is 5.69 Å². The number of fused-ring (bicyclic) bond motifs is 2. The van der Waals surface area contributed by atoms with Gasteiger partial charge >= 0.3 is 11.8 Å². The van der Waals surface area contributed by atoms with Crippen molar-refractivity contribution in [3.63, 3.8) is 0 Å². The van der Waals surface area contributed by atoms with Crippen molar-refractivity contribution in [2.75, 3.05) is 7.05 Å². The number of hydrogen-bond acceptors (Lipinski definition) is 6. The molecule has 0 radical (unpaired) electrons. The number of nitrogens with zero attached hydrogens (tertiary/aromatic N) is 2. The lowest BCUT2D eigenvalue weighted by Crippen LogP contribution is -2.47. The maximum Gasteiger partial charge on any atom is 0.309 e. The number of aromatic nitrogens is 2. The largest absolute Gasteiger partial charge is 0.501 e. The summed E-state index contributed by atoms with van der Waals surface area (Å²) >= 11 is 0. The Morgan fingerprint density at radius 3 is 2.61 bits per heavy atom. The Morgan fingerprint density at radius 1 is 1.18 bits per heavy atom. The van der Waals surface area contributed by atoms with E-state index in [1.54, 1.807) is 0 Å². The summed E-state index contributed by atoms with van der Waals surface area (Å²) < 4.78 is 14.4. The predicted octanol–water partition coefficient (Wildman–Crippen LogP) is 0.146. The lowest BCUT2D eigenvalue weighted by Gasteiger charge is -2.32. The molecule has 174 valence electrons. The zero-order chi connectivity index (χ0) is 23.7. The Bertz CT molecular complexity index is 1160. The molecule has 1 aromatic carbocycles. The summed E-state index contributed by atoms with van der Waals surface area (Å²) in [5, 5.41) is 18.0. The van der Waals surface area contributed by atoms with Gasteiger partial charge in [-0.2, -0.15) is 0 Å². The molecule has 2 aromatic rings. The van der Waals surface area contributed by atoms with E-state index in [-0.39, 0.29) is 12.5 Å². The van der Waals surface area contributed by atoms with Crippen LogP contribution in [0.4, 0.5) is 4.39 Å². The van der Waals surface area contributed by atoms with Crippen LogP contribution in [0.15, 0.2) is 29.1 Å². The molecule has 3 unspecified atom stereocenters. The molecule has 4 N–H and O–H groups in total. The highest BCUT2D eigenvalue weighted by Gasteiger charge is 2.40. The van der Waals surface area contributed by atoms with Crippen molar-refractivity contribution >= 4 is 17.7 Å². The zero-order valence-electron chi connectivity index (χ0n) is 17.9. The van der Waals surface area contributed by atoms with Crippen LogP contribution in [-0.4, -0.2) is 45.5 Å². The van der Waals surface area contributed by atoms with E-state index < -0.39 is 52.5 Å². The molecule has 3 heterocycles. The number of hydrogen-bond donors (Lipinski definition) is 4. The molecule has 33 heavy (non-hydrogen) atoms. The smallest absolute Gasteiger partial charge is 0.309 e. The minimum absolute atomic E-state index is 0.0505. The molecule has 1 aromatic heterocycles. The van der Waals surface area contributed by atoms with Crippen LogP contribution >= 0.6 is 0 Å². The maximum absolute atomic E-state index is 13.1. The third kappa shape index (κ3) is 4.43. The van der Waals surface area contributed by atoms with Crippen molar-refractivity contribution < 1.29 is 23.9 Å². The first kappa shape index (κ1) is 22.4. The first-order valence-corrected chi connectivity index (χ1v) is 10.7. The highest BCUT2D eigenvalue weighted by Crippen LogP contribution is 2.39. The molecule has 1 saturated carbocycles. The molecular formula is C22H24FN5O5. The van der Waals surface area contributed by atoms with Crippen LogP contribution in [-0.2, 0) is 22.7 Å². The number of halogens is 1. The van der Waals surface area contributed by atoms with Crippen LogP contribution in [0.2, 0.25) is 0 Å². The van der Waals surface area contributed by atoms with Gasteiger partial charge < -0.3 is 21.1 Å². The van der Waals surface area contributed by atoms with Gasteiger partial charge in [-0.3, -0.25) is 23.7 Å². The highest BCUT2D eigenvalue weighted by atomic mass is 19.1. The van der Waals surface area contributed by atoms with Crippen LogP contribution in [0.25, 0.3) is 0 Å². The molecule has 5 rings (SSSR count). The second-order valence-electron chi connectivity index (χ2n) is 8.34. The molecule has 3 aliphatic rings. The minimum Gasteiger partial charge on any atom is -0.501 e. The van der Waals surface area contributed by atoms with E-state index in [2.05, 4.69) is 20.9 Å². The van der Waals surface area contributed by atoms with Gasteiger partial charge in [0.1, 0.15) is 11.6 Å². The first-order valence-electron chi connectivity index (χ1n) is 10.7. The van der Waals surface area contributed by atoms with Crippen LogP contribution in [0, 0.1) is 11.7 Å². The van der Waals surface area contributed by atoms with Crippen LogP contribution in [0.5, 0.6) is 5.75 Å². The number of aromatic hydroxyl groups is 1. The van der Waals surface area contributed by atoms with Crippen LogP contribution in [0.3, 0.4) is 0 Å². The summed E-state index contributed by atoms with van der Waals surface area (Å²) in [5.74, 6) is -3.50. The highest BCUT2D eigenvalue weighted by molar-refractivity contribution is 6.35. The number of amides is 3. The van der Waals surface area contributed by atoms with Gasteiger partial charge in [-0.25, -0.2) is 9.37 Å². The number of benzene rings is 1. The third-order valence-electron chi connectivity index (χ3n) is 6.24. The molecular weight excluding hydrogens is 433 g/mol. The lowest BCUT2D eigenvalue weighted by molar-refractivity contribution is -0.139. The zero-order valence-corrected chi connectivity index (χ0v) is 17.9. The van der Waals surface area contributed by atoms with E-state index in [0.717, 1.165) is 6.42 Å². The van der Waals surface area contributed by atoms with Crippen molar-refractivity contribution in [3.05, 3.63) is 57.5 Å². The van der Waals surface area contributed by atoms with Gasteiger partial charge in [0.25, 0.3) is 11.5 Å². The average Bonchev–Trinajstić information content (AvgIpc) is 3.08. The summed E-state index contributed by atoms with van der Waals surface area (Å²) in [4.78, 5) is 53.8. The fourth-order valence-electron chi connectivity index (χ4n) is 4.54. The quantitative estimate of drug-likeness (QED) is 0.482. The summed E-state index contributed by atoms with van der Waals surface area (Å²) in [6.07, 6.45) is 1.94. The molecule has 1 aliphatic carbocycles. The van der Waals surface area contributed by atoms with Crippen molar-refractivity contribution in [1.82, 2.24) is 25.5 Å². The van der Waals surface area contributed by atoms with Crippen molar-refractivity contribution in [3.8, 4) is 5.75 Å². The Labute approximate surface area is 188 Å². The van der Waals surface area contributed by atoms with Crippen LogP contribution in [0.1, 0.15) is 47.1 Å². The van der Waals surface area contributed by atoms with Gasteiger partial charge in [0, 0.05) is 32.1 Å². The van der Waals surface area contributed by atoms with Crippen molar-refractivity contribution in [2.24, 2.45) is 5.92 Å². The SMILES string of the molecule is CNC(=O)C(=O)NC1CC2CCC1c1nc(C(=O)NCc3ccc(F)cc3)c(O)c(=O)n1C2.